The average molecular weight is 452 g/mol. The summed E-state index contributed by atoms with van der Waals surface area (Å²) in [7, 11) is 0. The highest BCUT2D eigenvalue weighted by atomic mass is 79.9. The van der Waals surface area contributed by atoms with Gasteiger partial charge in [-0.3, -0.25) is 9.59 Å². The van der Waals surface area contributed by atoms with Gasteiger partial charge in [-0.15, -0.1) is 0 Å². The van der Waals surface area contributed by atoms with E-state index in [1.54, 1.807) is 6.07 Å². The van der Waals surface area contributed by atoms with Crippen LogP contribution >= 0.6 is 27.5 Å². The Labute approximate surface area is 171 Å². The predicted molar refractivity (Wildman–Crippen MR) is 105 cm³/mol. The van der Waals surface area contributed by atoms with Gasteiger partial charge in [0, 0.05) is 9.35 Å². The third-order valence-corrected chi connectivity index (χ3v) is 7.30. The first-order valence-electron chi connectivity index (χ1n) is 9.17. The van der Waals surface area contributed by atoms with Gasteiger partial charge in [0.1, 0.15) is 6.07 Å². The van der Waals surface area contributed by atoms with E-state index in [2.05, 4.69) is 21.2 Å². The number of nitriles is 1. The van der Waals surface area contributed by atoms with Crippen molar-refractivity contribution in [2.24, 2.45) is 17.3 Å². The Morgan fingerprint density at radius 3 is 2.63 bits per heavy atom. The lowest BCUT2D eigenvalue weighted by molar-refractivity contribution is -0.170. The van der Waals surface area contributed by atoms with E-state index in [1.807, 2.05) is 6.07 Å². The zero-order chi connectivity index (χ0) is 19.2. The largest absolute Gasteiger partial charge is 0.455 e. The smallest absolute Gasteiger partial charge is 0.312 e. The van der Waals surface area contributed by atoms with E-state index in [-0.39, 0.29) is 16.9 Å². The van der Waals surface area contributed by atoms with Crippen LogP contribution in [0.3, 0.4) is 0 Å². The monoisotopic (exact) mass is 450 g/mol. The topological polar surface area (TPSA) is 79.2 Å². The number of esters is 1. The molecule has 0 saturated heterocycles. The zero-order valence-corrected chi connectivity index (χ0v) is 17.1. The Balaban J connectivity index is 1.39. The third-order valence-electron chi connectivity index (χ3n) is 6.13. The van der Waals surface area contributed by atoms with Gasteiger partial charge >= 0.3 is 5.97 Å². The summed E-state index contributed by atoms with van der Waals surface area (Å²) >= 11 is 9.80. The highest BCUT2D eigenvalue weighted by Gasteiger charge is 2.60. The number of hydrogen-bond acceptors (Lipinski definition) is 4. The second-order valence-corrected chi connectivity index (χ2v) is 10.4. The SMILES string of the molecule is N#Cc1ccc(Cl)cc1NC(=O)COC(=O)C12CC3CC(CC(Br)(C3)C1)C2. The van der Waals surface area contributed by atoms with Crippen LogP contribution < -0.4 is 5.32 Å². The first-order valence-corrected chi connectivity index (χ1v) is 10.3. The Morgan fingerprint density at radius 2 is 2.00 bits per heavy atom. The van der Waals surface area contributed by atoms with Gasteiger partial charge in [0.05, 0.1) is 16.7 Å². The standard InChI is InChI=1S/C20H20BrClN2O3/c21-20-7-12-3-13(8-20)6-19(5-12,11-20)18(26)27-10-17(25)24-16-4-15(22)2-1-14(16)9-23/h1-2,4,12-13H,3,5-8,10-11H2,(H,24,25). The zero-order valence-electron chi connectivity index (χ0n) is 14.8. The Bertz CT molecular complexity index is 836. The molecule has 1 amide bonds. The fraction of sp³-hybridized carbons (Fsp3) is 0.550. The van der Waals surface area contributed by atoms with E-state index in [0.29, 0.717) is 28.1 Å². The number of hydrogen-bond donors (Lipinski definition) is 1. The second-order valence-electron chi connectivity index (χ2n) is 8.32. The normalized spacial score (nSPS) is 33.4. The fourth-order valence-electron chi connectivity index (χ4n) is 5.58. The summed E-state index contributed by atoms with van der Waals surface area (Å²) in [6, 6.07) is 6.63. The first kappa shape index (κ1) is 18.8. The molecule has 1 aromatic rings. The first-order chi connectivity index (χ1) is 12.8. The number of nitrogens with zero attached hydrogens (tertiary/aromatic N) is 1. The molecule has 4 aliphatic rings. The van der Waals surface area contributed by atoms with Crippen LogP contribution in [0.2, 0.25) is 5.02 Å². The molecule has 7 heteroatoms. The number of rotatable bonds is 4. The van der Waals surface area contributed by atoms with Crippen LogP contribution in [0.5, 0.6) is 0 Å². The van der Waals surface area contributed by atoms with Crippen molar-refractivity contribution in [1.82, 2.24) is 0 Å². The van der Waals surface area contributed by atoms with Gasteiger partial charge in [-0.25, -0.2) is 0 Å². The van der Waals surface area contributed by atoms with E-state index in [9.17, 15) is 9.59 Å². The van der Waals surface area contributed by atoms with Crippen molar-refractivity contribution in [3.05, 3.63) is 28.8 Å². The molecular formula is C20H20BrClN2O3. The van der Waals surface area contributed by atoms with Gasteiger partial charge in [-0.1, -0.05) is 27.5 Å². The van der Waals surface area contributed by atoms with Gasteiger partial charge in [-0.05, 0) is 68.6 Å². The Morgan fingerprint density at radius 1 is 1.30 bits per heavy atom. The lowest BCUT2D eigenvalue weighted by Gasteiger charge is -2.58. The summed E-state index contributed by atoms with van der Waals surface area (Å²) < 4.78 is 5.48. The number of benzene rings is 1. The molecule has 5 rings (SSSR count). The van der Waals surface area contributed by atoms with Crippen molar-refractivity contribution in [3.8, 4) is 6.07 Å². The molecule has 4 aliphatic carbocycles. The predicted octanol–water partition coefficient (Wildman–Crippen LogP) is 4.43. The minimum atomic E-state index is -0.472. The number of alkyl halides is 1. The molecule has 4 fully saturated rings. The van der Waals surface area contributed by atoms with Gasteiger partial charge in [0.15, 0.2) is 6.61 Å². The number of halogens is 2. The molecule has 0 radical (unpaired) electrons. The van der Waals surface area contributed by atoms with E-state index in [0.717, 1.165) is 32.1 Å². The molecule has 0 aromatic heterocycles. The highest BCUT2D eigenvalue weighted by molar-refractivity contribution is 9.10. The van der Waals surface area contributed by atoms with Gasteiger partial charge < -0.3 is 10.1 Å². The Hall–Kier alpha value is -1.58. The van der Waals surface area contributed by atoms with Crippen LogP contribution in [0.4, 0.5) is 5.69 Å². The van der Waals surface area contributed by atoms with Crippen molar-refractivity contribution in [1.29, 1.82) is 5.26 Å². The third kappa shape index (κ3) is 3.60. The minimum absolute atomic E-state index is 0.0564. The van der Waals surface area contributed by atoms with Crippen LogP contribution in [-0.2, 0) is 14.3 Å². The van der Waals surface area contributed by atoms with Gasteiger partial charge in [0.25, 0.3) is 5.91 Å². The number of ether oxygens (including phenoxy) is 1. The lowest BCUT2D eigenvalue weighted by Crippen LogP contribution is -2.56. The van der Waals surface area contributed by atoms with Gasteiger partial charge in [-0.2, -0.15) is 5.26 Å². The fourth-order valence-corrected chi connectivity index (χ4v) is 7.20. The van der Waals surface area contributed by atoms with Crippen molar-refractivity contribution in [2.75, 3.05) is 11.9 Å². The van der Waals surface area contributed by atoms with Crippen LogP contribution in [0.15, 0.2) is 18.2 Å². The summed E-state index contributed by atoms with van der Waals surface area (Å²) in [6.45, 7) is -0.359. The molecule has 142 valence electrons. The van der Waals surface area contributed by atoms with E-state index in [4.69, 9.17) is 21.6 Å². The molecule has 27 heavy (non-hydrogen) atoms. The van der Waals surface area contributed by atoms with Crippen LogP contribution in [0, 0.1) is 28.6 Å². The van der Waals surface area contributed by atoms with Crippen LogP contribution in [0.25, 0.3) is 0 Å². The lowest BCUT2D eigenvalue weighted by atomic mass is 9.49. The van der Waals surface area contributed by atoms with Crippen molar-refractivity contribution in [3.63, 3.8) is 0 Å². The molecule has 2 unspecified atom stereocenters. The second kappa shape index (κ2) is 6.79. The number of carbonyl (C=O) groups excluding carboxylic acids is 2. The Kier molecular flexibility index (Phi) is 4.72. The summed E-state index contributed by atoms with van der Waals surface area (Å²) in [5.74, 6) is 0.399. The molecule has 0 spiro atoms. The molecule has 5 nitrogen and oxygen atoms in total. The van der Waals surface area contributed by atoms with E-state index < -0.39 is 11.3 Å². The summed E-state index contributed by atoms with van der Waals surface area (Å²) in [4.78, 5) is 25.1. The van der Waals surface area contributed by atoms with Crippen molar-refractivity contribution in [2.45, 2.75) is 42.8 Å². The molecule has 2 atom stereocenters. The maximum absolute atomic E-state index is 12.9. The molecule has 1 N–H and O–H groups in total. The van der Waals surface area contributed by atoms with Crippen molar-refractivity contribution < 1.29 is 14.3 Å². The highest BCUT2D eigenvalue weighted by Crippen LogP contribution is 2.64. The molecule has 4 bridgehead atoms. The van der Waals surface area contributed by atoms with Crippen molar-refractivity contribution >= 4 is 45.1 Å². The summed E-state index contributed by atoms with van der Waals surface area (Å²) in [5, 5.41) is 12.1. The molecular weight excluding hydrogens is 432 g/mol. The summed E-state index contributed by atoms with van der Waals surface area (Å²) in [6.07, 6.45) is 5.98. The maximum atomic E-state index is 12.9. The number of anilines is 1. The minimum Gasteiger partial charge on any atom is -0.455 e. The summed E-state index contributed by atoms with van der Waals surface area (Å²) in [5.41, 5.74) is 0.170. The van der Waals surface area contributed by atoms with Crippen LogP contribution in [-0.4, -0.2) is 22.8 Å². The maximum Gasteiger partial charge on any atom is 0.312 e. The quantitative estimate of drug-likeness (QED) is 0.542. The molecule has 1 aromatic carbocycles. The van der Waals surface area contributed by atoms with E-state index >= 15 is 0 Å². The average Bonchev–Trinajstić information content (AvgIpc) is 2.57. The number of carbonyl (C=O) groups is 2. The van der Waals surface area contributed by atoms with E-state index in [1.165, 1.54) is 18.6 Å². The molecule has 0 aliphatic heterocycles. The molecule has 0 heterocycles. The van der Waals surface area contributed by atoms with Gasteiger partial charge in [0.2, 0.25) is 0 Å². The van der Waals surface area contributed by atoms with Crippen LogP contribution in [0.1, 0.15) is 44.1 Å². The molecule has 4 saturated carbocycles. The number of nitrogens with one attached hydrogen (secondary N) is 1. The number of amides is 1.